The molecule has 296 valence electrons. The summed E-state index contributed by atoms with van der Waals surface area (Å²) in [6.07, 6.45) is 0. The van der Waals surface area contributed by atoms with Gasteiger partial charge >= 0.3 is 0 Å². The van der Waals surface area contributed by atoms with Crippen molar-refractivity contribution in [2.24, 2.45) is 0 Å². The molecule has 0 fully saturated rings. The van der Waals surface area contributed by atoms with Crippen LogP contribution in [0.4, 0.5) is 17.1 Å². The molecule has 2 heterocycles. The number of nitrogens with zero attached hydrogens (tertiary/aromatic N) is 3. The summed E-state index contributed by atoms with van der Waals surface area (Å²) in [4.78, 5) is 2.52. The van der Waals surface area contributed by atoms with Gasteiger partial charge in [-0.15, -0.1) is 0 Å². The third-order valence-electron chi connectivity index (χ3n) is 12.5. The SMILES string of the molecule is c1ccc(-c2ccccc2-c2c(-c3ccccc3)cccc2N(c2cccc(-n3c4ccccc4c4ccccc43)c2)c2cccc3c2c2ccccc2n3-c2ccccc2)cc1. The Bertz CT molecular complexity index is 3570. The maximum atomic E-state index is 2.52. The van der Waals surface area contributed by atoms with Crippen LogP contribution in [0.5, 0.6) is 0 Å². The van der Waals surface area contributed by atoms with Crippen molar-refractivity contribution < 1.29 is 0 Å². The van der Waals surface area contributed by atoms with E-state index in [0.29, 0.717) is 0 Å². The number of aromatic nitrogens is 2. The molecule has 0 saturated heterocycles. The second-order valence-electron chi connectivity index (χ2n) is 16.1. The van der Waals surface area contributed by atoms with Crippen LogP contribution in [-0.2, 0) is 0 Å². The first-order valence-corrected chi connectivity index (χ1v) is 21.6. The zero-order valence-corrected chi connectivity index (χ0v) is 34.5. The summed E-state index contributed by atoms with van der Waals surface area (Å²) in [5.41, 5.74) is 17.2. The number of rotatable bonds is 8. The number of para-hydroxylation sites is 4. The lowest BCUT2D eigenvalue weighted by Gasteiger charge is -2.31. The van der Waals surface area contributed by atoms with E-state index >= 15 is 0 Å². The molecule has 0 saturated carbocycles. The van der Waals surface area contributed by atoms with E-state index in [2.05, 4.69) is 263 Å². The molecule has 0 unspecified atom stereocenters. The van der Waals surface area contributed by atoms with Gasteiger partial charge in [0.1, 0.15) is 0 Å². The van der Waals surface area contributed by atoms with Crippen LogP contribution < -0.4 is 4.90 Å². The van der Waals surface area contributed by atoms with Crippen molar-refractivity contribution in [2.45, 2.75) is 0 Å². The van der Waals surface area contributed by atoms with E-state index in [1.54, 1.807) is 0 Å². The summed E-state index contributed by atoms with van der Waals surface area (Å²) in [7, 11) is 0. The maximum absolute atomic E-state index is 2.52. The van der Waals surface area contributed by atoms with Crippen LogP contribution in [0.1, 0.15) is 0 Å². The summed E-state index contributed by atoms with van der Waals surface area (Å²) in [6.45, 7) is 0. The fourth-order valence-corrected chi connectivity index (χ4v) is 9.86. The van der Waals surface area contributed by atoms with Gasteiger partial charge in [-0.1, -0.05) is 182 Å². The zero-order valence-electron chi connectivity index (χ0n) is 34.5. The first-order valence-electron chi connectivity index (χ1n) is 21.6. The third-order valence-corrected chi connectivity index (χ3v) is 12.5. The second kappa shape index (κ2) is 15.3. The Balaban J connectivity index is 1.21. The largest absolute Gasteiger partial charge is 0.309 e. The molecule has 0 amide bonds. The van der Waals surface area contributed by atoms with E-state index in [1.165, 1.54) is 54.8 Å². The van der Waals surface area contributed by atoms with Crippen LogP contribution in [0.2, 0.25) is 0 Å². The molecule has 0 spiro atoms. The predicted molar refractivity (Wildman–Crippen MR) is 266 cm³/mol. The Morgan fingerprint density at radius 1 is 0.286 bits per heavy atom. The number of fused-ring (bicyclic) bond motifs is 6. The van der Waals surface area contributed by atoms with Gasteiger partial charge in [-0.2, -0.15) is 0 Å². The Labute approximate surface area is 366 Å². The second-order valence-corrected chi connectivity index (χ2v) is 16.1. The molecule has 10 aromatic carbocycles. The van der Waals surface area contributed by atoms with Crippen molar-refractivity contribution in [2.75, 3.05) is 4.90 Å². The lowest BCUT2D eigenvalue weighted by atomic mass is 9.87. The zero-order chi connectivity index (χ0) is 41.7. The topological polar surface area (TPSA) is 13.1 Å². The molecule has 2 aromatic heterocycles. The van der Waals surface area contributed by atoms with Crippen LogP contribution in [0, 0.1) is 0 Å². The molecule has 0 aliphatic carbocycles. The van der Waals surface area contributed by atoms with E-state index in [9.17, 15) is 0 Å². The van der Waals surface area contributed by atoms with Crippen LogP contribution in [0.3, 0.4) is 0 Å². The number of anilines is 3. The standard InChI is InChI=1S/C60H41N3/c1-4-21-42(22-5-1)47-29-10-11-32-51(47)59-48(43-23-6-2-7-24-43)34-19-38-56(59)63(46-28-18-27-45(41-46)62-53-35-15-12-30-49(53)50-31-13-16-36-54(50)62)58-40-20-39-57-60(58)52-33-14-17-37-55(52)61(57)44-25-8-3-9-26-44/h1-41H. The fourth-order valence-electron chi connectivity index (χ4n) is 9.86. The number of hydrogen-bond acceptors (Lipinski definition) is 1. The third kappa shape index (κ3) is 6.05. The van der Waals surface area contributed by atoms with E-state index in [4.69, 9.17) is 0 Å². The fraction of sp³-hybridized carbons (Fsp3) is 0. The van der Waals surface area contributed by atoms with Crippen LogP contribution in [0.15, 0.2) is 249 Å². The highest BCUT2D eigenvalue weighted by Crippen LogP contribution is 2.51. The minimum atomic E-state index is 1.06. The molecule has 0 radical (unpaired) electrons. The highest BCUT2D eigenvalue weighted by atomic mass is 15.2. The van der Waals surface area contributed by atoms with E-state index < -0.39 is 0 Å². The van der Waals surface area contributed by atoms with Crippen LogP contribution in [-0.4, -0.2) is 9.13 Å². The monoisotopic (exact) mass is 803 g/mol. The van der Waals surface area contributed by atoms with Gasteiger partial charge in [0.15, 0.2) is 0 Å². The molecule has 12 rings (SSSR count). The average molecular weight is 804 g/mol. The molecule has 0 aliphatic rings. The van der Waals surface area contributed by atoms with E-state index in [0.717, 1.165) is 50.6 Å². The van der Waals surface area contributed by atoms with Crippen LogP contribution in [0.25, 0.3) is 88.4 Å². The first-order chi connectivity index (χ1) is 31.3. The molecular weight excluding hydrogens is 763 g/mol. The molecule has 0 atom stereocenters. The van der Waals surface area contributed by atoms with Crippen LogP contribution >= 0.6 is 0 Å². The van der Waals surface area contributed by atoms with Crippen molar-refractivity contribution >= 4 is 60.7 Å². The van der Waals surface area contributed by atoms with Crippen molar-refractivity contribution in [3.05, 3.63) is 249 Å². The molecule has 0 N–H and O–H groups in total. The number of hydrogen-bond donors (Lipinski definition) is 0. The van der Waals surface area contributed by atoms with Gasteiger partial charge in [0.25, 0.3) is 0 Å². The van der Waals surface area contributed by atoms with Gasteiger partial charge in [-0.25, -0.2) is 0 Å². The Morgan fingerprint density at radius 3 is 1.41 bits per heavy atom. The Kier molecular flexibility index (Phi) is 8.83. The normalized spacial score (nSPS) is 11.5. The lowest BCUT2D eigenvalue weighted by Crippen LogP contribution is -2.13. The minimum absolute atomic E-state index is 1.06. The Morgan fingerprint density at radius 2 is 0.730 bits per heavy atom. The minimum Gasteiger partial charge on any atom is -0.309 e. The lowest BCUT2D eigenvalue weighted by molar-refractivity contribution is 1.17. The summed E-state index contributed by atoms with van der Waals surface area (Å²) >= 11 is 0. The van der Waals surface area contributed by atoms with Crippen molar-refractivity contribution in [3.63, 3.8) is 0 Å². The molecule has 3 nitrogen and oxygen atoms in total. The molecule has 63 heavy (non-hydrogen) atoms. The average Bonchev–Trinajstić information content (AvgIpc) is 3.89. The molecule has 0 bridgehead atoms. The van der Waals surface area contributed by atoms with E-state index in [-0.39, 0.29) is 0 Å². The smallest absolute Gasteiger partial charge is 0.0562 e. The van der Waals surface area contributed by atoms with Gasteiger partial charge in [0.2, 0.25) is 0 Å². The highest BCUT2D eigenvalue weighted by Gasteiger charge is 2.26. The molecule has 12 aromatic rings. The summed E-state index contributed by atoms with van der Waals surface area (Å²) in [6, 6.07) is 90.3. The number of benzene rings is 10. The summed E-state index contributed by atoms with van der Waals surface area (Å²) < 4.78 is 4.83. The molecule has 3 heteroatoms. The molecule has 0 aliphatic heterocycles. The van der Waals surface area contributed by atoms with Crippen molar-refractivity contribution in [1.29, 1.82) is 0 Å². The van der Waals surface area contributed by atoms with Crippen molar-refractivity contribution in [1.82, 2.24) is 9.13 Å². The van der Waals surface area contributed by atoms with Gasteiger partial charge in [-0.3, -0.25) is 0 Å². The maximum Gasteiger partial charge on any atom is 0.0562 e. The van der Waals surface area contributed by atoms with Gasteiger partial charge < -0.3 is 14.0 Å². The summed E-state index contributed by atoms with van der Waals surface area (Å²) in [5, 5.41) is 4.86. The van der Waals surface area contributed by atoms with Gasteiger partial charge in [-0.05, 0) is 94.5 Å². The van der Waals surface area contributed by atoms with Gasteiger partial charge in [0.05, 0.1) is 33.4 Å². The highest BCUT2D eigenvalue weighted by molar-refractivity contribution is 6.17. The van der Waals surface area contributed by atoms with Gasteiger partial charge in [0, 0.05) is 44.2 Å². The predicted octanol–water partition coefficient (Wildman–Crippen LogP) is 16.4. The summed E-state index contributed by atoms with van der Waals surface area (Å²) in [5.74, 6) is 0. The van der Waals surface area contributed by atoms with E-state index in [1.807, 2.05) is 0 Å². The first kappa shape index (κ1) is 36.5. The molecular formula is C60H41N3. The van der Waals surface area contributed by atoms with Crippen molar-refractivity contribution in [3.8, 4) is 44.8 Å². The Hall–Kier alpha value is -8.40. The quantitative estimate of drug-likeness (QED) is 0.149.